The molecule has 23 heavy (non-hydrogen) atoms. The Hall–Kier alpha value is -3.09. The zero-order valence-corrected chi connectivity index (χ0v) is 12.6. The number of esters is 1. The first-order valence-electron chi connectivity index (χ1n) is 7.24. The SMILES string of the molecule is CCOC(=O)c1cc2c(ccn3c4cncnc4nc23)nc1C. The molecule has 7 nitrogen and oxygen atoms in total. The summed E-state index contributed by atoms with van der Waals surface area (Å²) in [5, 5.41) is 0.777. The van der Waals surface area contributed by atoms with Crippen LogP contribution in [0.4, 0.5) is 0 Å². The molecule has 0 unspecified atom stereocenters. The number of rotatable bonds is 2. The summed E-state index contributed by atoms with van der Waals surface area (Å²) in [5.41, 5.74) is 3.96. The average Bonchev–Trinajstić information content (AvgIpc) is 2.93. The first-order chi connectivity index (χ1) is 11.2. The van der Waals surface area contributed by atoms with Crippen LogP contribution in [0.1, 0.15) is 23.0 Å². The van der Waals surface area contributed by atoms with Gasteiger partial charge >= 0.3 is 5.97 Å². The van der Waals surface area contributed by atoms with Gasteiger partial charge in [-0.1, -0.05) is 0 Å². The number of pyridine rings is 2. The quantitative estimate of drug-likeness (QED) is 0.528. The Morgan fingerprint density at radius 3 is 3.04 bits per heavy atom. The van der Waals surface area contributed by atoms with Crippen LogP contribution in [-0.4, -0.2) is 36.9 Å². The van der Waals surface area contributed by atoms with E-state index in [1.54, 1.807) is 26.1 Å². The Morgan fingerprint density at radius 1 is 1.35 bits per heavy atom. The molecule has 4 aromatic rings. The predicted molar refractivity (Wildman–Crippen MR) is 84.3 cm³/mol. The second-order valence-corrected chi connectivity index (χ2v) is 5.13. The molecule has 0 N–H and O–H groups in total. The van der Waals surface area contributed by atoms with Crippen molar-refractivity contribution in [3.8, 4) is 0 Å². The van der Waals surface area contributed by atoms with E-state index in [1.807, 2.05) is 16.7 Å². The minimum Gasteiger partial charge on any atom is -0.462 e. The number of aryl methyl sites for hydroxylation is 1. The molecule has 0 aromatic carbocycles. The van der Waals surface area contributed by atoms with E-state index >= 15 is 0 Å². The minimum atomic E-state index is -0.377. The highest BCUT2D eigenvalue weighted by Crippen LogP contribution is 2.24. The van der Waals surface area contributed by atoms with Crippen LogP contribution in [0, 0.1) is 6.92 Å². The first-order valence-corrected chi connectivity index (χ1v) is 7.24. The van der Waals surface area contributed by atoms with Gasteiger partial charge in [0, 0.05) is 11.6 Å². The lowest BCUT2D eigenvalue weighted by Gasteiger charge is -2.07. The zero-order valence-electron chi connectivity index (χ0n) is 12.6. The number of carbonyl (C=O) groups is 1. The fraction of sp³-hybridized carbons (Fsp3) is 0.188. The maximum atomic E-state index is 12.1. The van der Waals surface area contributed by atoms with Crippen molar-refractivity contribution in [1.29, 1.82) is 0 Å². The highest BCUT2D eigenvalue weighted by Gasteiger charge is 2.16. The third kappa shape index (κ3) is 2.01. The Balaban J connectivity index is 2.07. The molecule has 0 saturated carbocycles. The molecule has 0 aliphatic rings. The average molecular weight is 307 g/mol. The topological polar surface area (TPSA) is 82.3 Å². The summed E-state index contributed by atoms with van der Waals surface area (Å²) < 4.78 is 6.99. The second-order valence-electron chi connectivity index (χ2n) is 5.13. The largest absolute Gasteiger partial charge is 0.462 e. The third-order valence-corrected chi connectivity index (χ3v) is 3.73. The van der Waals surface area contributed by atoms with E-state index in [0.29, 0.717) is 29.2 Å². The number of hydrogen-bond donors (Lipinski definition) is 0. The van der Waals surface area contributed by atoms with E-state index in [4.69, 9.17) is 4.74 Å². The van der Waals surface area contributed by atoms with Crippen molar-refractivity contribution in [2.75, 3.05) is 6.61 Å². The molecule has 4 heterocycles. The van der Waals surface area contributed by atoms with Crippen LogP contribution < -0.4 is 0 Å². The number of ether oxygens (including phenoxy) is 1. The molecule has 4 rings (SSSR count). The van der Waals surface area contributed by atoms with E-state index in [2.05, 4.69) is 19.9 Å². The van der Waals surface area contributed by atoms with E-state index in [9.17, 15) is 4.79 Å². The molecular weight excluding hydrogens is 294 g/mol. The van der Waals surface area contributed by atoms with Gasteiger partial charge in [-0.3, -0.25) is 9.38 Å². The van der Waals surface area contributed by atoms with E-state index in [1.165, 1.54) is 6.33 Å². The Labute approximate surface area is 131 Å². The fourth-order valence-corrected chi connectivity index (χ4v) is 2.67. The standard InChI is InChI=1S/C16H13N5O2/c1-3-23-16(22)10-6-11-12(19-9(10)2)4-5-21-13-7-17-8-18-14(13)20-15(11)21/h4-8H,3H2,1-2H3. The maximum absolute atomic E-state index is 12.1. The maximum Gasteiger partial charge on any atom is 0.339 e. The summed E-state index contributed by atoms with van der Waals surface area (Å²) in [5.74, 6) is -0.377. The van der Waals surface area contributed by atoms with Crippen LogP contribution in [0.2, 0.25) is 0 Å². The third-order valence-electron chi connectivity index (χ3n) is 3.73. The van der Waals surface area contributed by atoms with E-state index in [-0.39, 0.29) is 5.97 Å². The summed E-state index contributed by atoms with van der Waals surface area (Å²) in [6.07, 6.45) is 5.05. The molecule has 0 spiro atoms. The van der Waals surface area contributed by atoms with Crippen molar-refractivity contribution < 1.29 is 9.53 Å². The number of aromatic nitrogens is 5. The number of carbonyl (C=O) groups excluding carboxylic acids is 1. The van der Waals surface area contributed by atoms with Crippen LogP contribution in [0.25, 0.3) is 27.7 Å². The van der Waals surface area contributed by atoms with Crippen LogP contribution in [-0.2, 0) is 4.74 Å². The number of nitrogens with zero attached hydrogens (tertiary/aromatic N) is 5. The molecule has 0 fully saturated rings. The van der Waals surface area contributed by atoms with Gasteiger partial charge in [0.15, 0.2) is 5.65 Å². The minimum absolute atomic E-state index is 0.323. The van der Waals surface area contributed by atoms with Crippen molar-refractivity contribution in [2.24, 2.45) is 0 Å². The van der Waals surface area contributed by atoms with Crippen molar-refractivity contribution in [2.45, 2.75) is 13.8 Å². The van der Waals surface area contributed by atoms with Crippen molar-refractivity contribution in [3.63, 3.8) is 0 Å². The van der Waals surface area contributed by atoms with Gasteiger partial charge in [-0.25, -0.2) is 19.7 Å². The van der Waals surface area contributed by atoms with Gasteiger partial charge in [0.2, 0.25) is 0 Å². The molecule has 114 valence electrons. The smallest absolute Gasteiger partial charge is 0.339 e. The van der Waals surface area contributed by atoms with E-state index in [0.717, 1.165) is 16.4 Å². The molecule has 0 aliphatic heterocycles. The highest BCUT2D eigenvalue weighted by molar-refractivity contribution is 6.01. The Bertz CT molecular complexity index is 1070. The van der Waals surface area contributed by atoms with Crippen molar-refractivity contribution >= 4 is 33.7 Å². The first kappa shape index (κ1) is 13.6. The summed E-state index contributed by atoms with van der Waals surface area (Å²) >= 11 is 0. The van der Waals surface area contributed by atoms with Gasteiger partial charge < -0.3 is 4.74 Å². The zero-order chi connectivity index (χ0) is 16.0. The van der Waals surface area contributed by atoms with Crippen LogP contribution >= 0.6 is 0 Å². The lowest BCUT2D eigenvalue weighted by atomic mass is 10.1. The van der Waals surface area contributed by atoms with Crippen molar-refractivity contribution in [1.82, 2.24) is 24.3 Å². The van der Waals surface area contributed by atoms with Crippen LogP contribution in [0.3, 0.4) is 0 Å². The predicted octanol–water partition coefficient (Wildman–Crippen LogP) is 2.31. The summed E-state index contributed by atoms with van der Waals surface area (Å²) in [6, 6.07) is 3.67. The molecule has 0 radical (unpaired) electrons. The van der Waals surface area contributed by atoms with Crippen LogP contribution in [0.15, 0.2) is 30.9 Å². The molecule has 4 aromatic heterocycles. The van der Waals surface area contributed by atoms with Crippen LogP contribution in [0.5, 0.6) is 0 Å². The van der Waals surface area contributed by atoms with Gasteiger partial charge in [0.05, 0.1) is 29.6 Å². The molecule has 7 heteroatoms. The molecule has 0 saturated heterocycles. The molecular formula is C16H13N5O2. The lowest BCUT2D eigenvalue weighted by molar-refractivity contribution is 0.0525. The number of imidazole rings is 1. The molecule has 0 bridgehead atoms. The molecule has 0 aliphatic carbocycles. The number of fused-ring (bicyclic) bond motifs is 5. The Kier molecular flexibility index (Phi) is 2.94. The lowest BCUT2D eigenvalue weighted by Crippen LogP contribution is -2.08. The fourth-order valence-electron chi connectivity index (χ4n) is 2.67. The number of hydrogen-bond acceptors (Lipinski definition) is 6. The summed E-state index contributed by atoms with van der Waals surface area (Å²) in [4.78, 5) is 29.4. The molecule has 0 atom stereocenters. The second kappa shape index (κ2) is 4.98. The van der Waals surface area contributed by atoms with Gasteiger partial charge in [-0.15, -0.1) is 0 Å². The summed E-state index contributed by atoms with van der Waals surface area (Å²) in [7, 11) is 0. The van der Waals surface area contributed by atoms with E-state index < -0.39 is 0 Å². The van der Waals surface area contributed by atoms with Gasteiger partial charge in [0.25, 0.3) is 0 Å². The molecule has 0 amide bonds. The van der Waals surface area contributed by atoms with Gasteiger partial charge in [-0.05, 0) is 26.0 Å². The van der Waals surface area contributed by atoms with Gasteiger partial charge in [0.1, 0.15) is 17.5 Å². The highest BCUT2D eigenvalue weighted by atomic mass is 16.5. The van der Waals surface area contributed by atoms with Gasteiger partial charge in [-0.2, -0.15) is 0 Å². The summed E-state index contributed by atoms with van der Waals surface area (Å²) in [6.45, 7) is 3.90. The monoisotopic (exact) mass is 307 g/mol. The van der Waals surface area contributed by atoms with Crippen molar-refractivity contribution in [3.05, 3.63) is 42.1 Å². The Morgan fingerprint density at radius 2 is 2.22 bits per heavy atom. The normalized spacial score (nSPS) is 11.4.